The average Bonchev–Trinajstić information content (AvgIpc) is 3.09. The van der Waals surface area contributed by atoms with Crippen molar-refractivity contribution in [1.82, 2.24) is 5.32 Å². The lowest BCUT2D eigenvalue weighted by Crippen LogP contribution is -2.45. The molecule has 0 radical (unpaired) electrons. The monoisotopic (exact) mass is 713 g/mol. The fraction of sp³-hybridized carbons (Fsp3) is 0.825. The van der Waals surface area contributed by atoms with Crippen LogP contribution in [0.5, 0.6) is 0 Å². The van der Waals surface area contributed by atoms with E-state index in [1.165, 1.54) is 103 Å². The Labute approximate surface area is 301 Å². The van der Waals surface area contributed by atoms with Crippen molar-refractivity contribution in [1.29, 1.82) is 0 Å². The summed E-state index contributed by atoms with van der Waals surface area (Å²) in [5.74, 6) is -0.215. The molecule has 0 aromatic rings. The number of nitrogens with one attached hydrogen (secondary N) is 1. The van der Waals surface area contributed by atoms with Crippen LogP contribution in [0, 0.1) is 0 Å². The molecule has 0 aliphatic rings. The molecule has 0 rings (SSSR count). The van der Waals surface area contributed by atoms with E-state index in [1.807, 2.05) is 6.08 Å². The molecule has 5 N–H and O–H groups in total. The van der Waals surface area contributed by atoms with Gasteiger partial charge in [0.15, 0.2) is 0 Å². The smallest absolute Gasteiger partial charge is 0.387 e. The second kappa shape index (κ2) is 36.5. The van der Waals surface area contributed by atoms with Crippen LogP contribution in [0.4, 0.5) is 0 Å². The van der Waals surface area contributed by atoms with Gasteiger partial charge in [-0.15, -0.1) is 0 Å². The summed E-state index contributed by atoms with van der Waals surface area (Å²) in [4.78, 5) is 22.6. The van der Waals surface area contributed by atoms with E-state index >= 15 is 0 Å². The topological polar surface area (TPSA) is 131 Å². The van der Waals surface area contributed by atoms with Gasteiger partial charge in [-0.25, -0.2) is 4.57 Å². The Balaban J connectivity index is 4.32. The zero-order chi connectivity index (χ0) is 36.1. The number of carbonyl (C=O) groups is 1. The average molecular weight is 713 g/mol. The molecule has 0 bridgehead atoms. The molecule has 9 heteroatoms. The molecule has 0 heterocycles. The summed E-state index contributed by atoms with van der Waals surface area (Å²) in [5.41, 5.74) is 5.36. The minimum atomic E-state index is -4.34. The number of phosphoric acid groups is 1. The Morgan fingerprint density at radius 1 is 0.653 bits per heavy atom. The molecular formula is C40H77N2O6P. The molecule has 0 aliphatic heterocycles. The lowest BCUT2D eigenvalue weighted by Gasteiger charge is -2.23. The maximum Gasteiger partial charge on any atom is 0.472 e. The van der Waals surface area contributed by atoms with E-state index in [-0.39, 0.29) is 25.7 Å². The standard InChI is InChI=1S/C40H77N2O6P/c1-3-5-7-9-11-13-15-17-18-19-20-21-22-23-25-27-29-31-33-39(43)38(37-48-49(45,46)47-36-35-41)42-40(44)34-32-30-28-26-24-16-14-12-10-8-6-4-2/h12,14,23,25,31,33,38-39,43H,3-11,13,15-22,24,26-30,32,34-37,41H2,1-2H3,(H,42,44)(H,45,46)/b14-12-,25-23+,33-31+. The number of hydrogen-bond donors (Lipinski definition) is 4. The van der Waals surface area contributed by atoms with Crippen LogP contribution in [0.15, 0.2) is 36.5 Å². The van der Waals surface area contributed by atoms with E-state index in [0.717, 1.165) is 57.8 Å². The molecule has 0 saturated heterocycles. The SMILES string of the molecule is CCCCC/C=C\CCCCCCCC(=O)NC(COP(=O)(O)OCCN)C(O)/C=C/CC/C=C/CCCCCCCCCCCCCC. The Morgan fingerprint density at radius 3 is 1.61 bits per heavy atom. The number of phosphoric ester groups is 1. The molecule has 0 saturated carbocycles. The van der Waals surface area contributed by atoms with Gasteiger partial charge in [-0.1, -0.05) is 153 Å². The van der Waals surface area contributed by atoms with Crippen LogP contribution in [-0.2, 0) is 18.4 Å². The molecular weight excluding hydrogens is 635 g/mol. The Bertz CT molecular complexity index is 866. The number of carbonyl (C=O) groups excluding carboxylic acids is 1. The highest BCUT2D eigenvalue weighted by molar-refractivity contribution is 7.47. The van der Waals surface area contributed by atoms with E-state index in [9.17, 15) is 19.4 Å². The quantitative estimate of drug-likeness (QED) is 0.0286. The molecule has 1 amide bonds. The van der Waals surface area contributed by atoms with E-state index in [2.05, 4.69) is 43.5 Å². The van der Waals surface area contributed by atoms with Crippen LogP contribution in [0.1, 0.15) is 181 Å². The van der Waals surface area contributed by atoms with Crippen molar-refractivity contribution >= 4 is 13.7 Å². The van der Waals surface area contributed by atoms with Gasteiger partial charge in [0, 0.05) is 13.0 Å². The van der Waals surface area contributed by atoms with Gasteiger partial charge in [0.2, 0.25) is 5.91 Å². The Kier molecular flexibility index (Phi) is 35.6. The zero-order valence-corrected chi connectivity index (χ0v) is 32.6. The summed E-state index contributed by atoms with van der Waals surface area (Å²) in [6.45, 7) is 4.07. The van der Waals surface area contributed by atoms with Crippen molar-refractivity contribution < 1.29 is 28.4 Å². The van der Waals surface area contributed by atoms with Crippen molar-refractivity contribution in [3.05, 3.63) is 36.5 Å². The second-order valence-corrected chi connectivity index (χ2v) is 14.9. The number of allylic oxidation sites excluding steroid dienone is 5. The van der Waals surface area contributed by atoms with E-state index < -0.39 is 20.0 Å². The van der Waals surface area contributed by atoms with Crippen molar-refractivity contribution in [3.8, 4) is 0 Å². The summed E-state index contributed by atoms with van der Waals surface area (Å²) in [7, 11) is -4.34. The zero-order valence-electron chi connectivity index (χ0n) is 31.7. The Hall–Kier alpha value is -1.28. The van der Waals surface area contributed by atoms with Crippen LogP contribution < -0.4 is 11.1 Å². The highest BCUT2D eigenvalue weighted by atomic mass is 31.2. The number of aliphatic hydroxyl groups is 1. The summed E-state index contributed by atoms with van der Waals surface area (Å²) < 4.78 is 22.0. The lowest BCUT2D eigenvalue weighted by molar-refractivity contribution is -0.123. The second-order valence-electron chi connectivity index (χ2n) is 13.5. The number of nitrogens with two attached hydrogens (primary N) is 1. The largest absolute Gasteiger partial charge is 0.472 e. The van der Waals surface area contributed by atoms with Gasteiger partial charge in [0.25, 0.3) is 0 Å². The van der Waals surface area contributed by atoms with Gasteiger partial charge in [-0.05, 0) is 57.8 Å². The first-order chi connectivity index (χ1) is 23.9. The molecule has 0 aromatic carbocycles. The van der Waals surface area contributed by atoms with Gasteiger partial charge in [0.1, 0.15) is 0 Å². The first-order valence-corrected chi connectivity index (χ1v) is 21.6. The van der Waals surface area contributed by atoms with E-state index in [4.69, 9.17) is 14.8 Å². The number of aliphatic hydroxyl groups excluding tert-OH is 1. The molecule has 0 aliphatic carbocycles. The van der Waals surface area contributed by atoms with Gasteiger partial charge in [-0.3, -0.25) is 13.8 Å². The summed E-state index contributed by atoms with van der Waals surface area (Å²) in [6.07, 6.45) is 41.9. The van der Waals surface area contributed by atoms with E-state index in [1.54, 1.807) is 6.08 Å². The van der Waals surface area contributed by atoms with Crippen LogP contribution in [0.25, 0.3) is 0 Å². The molecule has 8 nitrogen and oxygen atoms in total. The van der Waals surface area contributed by atoms with Crippen molar-refractivity contribution in [2.45, 2.75) is 193 Å². The number of rotatable bonds is 37. The third-order valence-corrected chi connectivity index (χ3v) is 9.67. The van der Waals surface area contributed by atoms with Crippen LogP contribution in [0.2, 0.25) is 0 Å². The summed E-state index contributed by atoms with van der Waals surface area (Å²) in [6, 6.07) is -0.879. The molecule has 288 valence electrons. The van der Waals surface area contributed by atoms with E-state index in [0.29, 0.717) is 6.42 Å². The van der Waals surface area contributed by atoms with Crippen molar-refractivity contribution in [2.75, 3.05) is 19.8 Å². The van der Waals surface area contributed by atoms with Crippen LogP contribution in [-0.4, -0.2) is 47.8 Å². The summed E-state index contributed by atoms with van der Waals surface area (Å²) >= 11 is 0. The molecule has 0 spiro atoms. The fourth-order valence-electron chi connectivity index (χ4n) is 5.61. The predicted molar refractivity (Wildman–Crippen MR) is 208 cm³/mol. The number of unbranched alkanes of at least 4 members (excludes halogenated alkanes) is 21. The lowest BCUT2D eigenvalue weighted by atomic mass is 10.0. The van der Waals surface area contributed by atoms with Gasteiger partial charge in [-0.2, -0.15) is 0 Å². The van der Waals surface area contributed by atoms with Crippen LogP contribution in [0.3, 0.4) is 0 Å². The third kappa shape index (κ3) is 34.9. The third-order valence-electron chi connectivity index (χ3n) is 8.69. The number of amides is 1. The fourth-order valence-corrected chi connectivity index (χ4v) is 6.37. The predicted octanol–water partition coefficient (Wildman–Crippen LogP) is 10.8. The number of hydrogen-bond acceptors (Lipinski definition) is 6. The minimum Gasteiger partial charge on any atom is -0.387 e. The Morgan fingerprint density at radius 2 is 1.08 bits per heavy atom. The summed E-state index contributed by atoms with van der Waals surface area (Å²) in [5, 5.41) is 13.6. The van der Waals surface area contributed by atoms with Crippen molar-refractivity contribution in [2.24, 2.45) is 5.73 Å². The molecule has 3 atom stereocenters. The molecule has 0 fully saturated rings. The van der Waals surface area contributed by atoms with Crippen molar-refractivity contribution in [3.63, 3.8) is 0 Å². The maximum absolute atomic E-state index is 12.7. The maximum atomic E-state index is 12.7. The normalized spacial score (nSPS) is 14.6. The first-order valence-electron chi connectivity index (χ1n) is 20.1. The minimum absolute atomic E-state index is 0.0724. The van der Waals surface area contributed by atoms with Gasteiger partial charge < -0.3 is 21.1 Å². The highest BCUT2D eigenvalue weighted by Gasteiger charge is 2.26. The van der Waals surface area contributed by atoms with Gasteiger partial charge >= 0.3 is 7.82 Å². The molecule has 0 aromatic heterocycles. The highest BCUT2D eigenvalue weighted by Crippen LogP contribution is 2.43. The first kappa shape index (κ1) is 47.7. The molecule has 49 heavy (non-hydrogen) atoms. The molecule has 3 unspecified atom stereocenters. The van der Waals surface area contributed by atoms with Gasteiger partial charge in [0.05, 0.1) is 25.4 Å². The van der Waals surface area contributed by atoms with Crippen LogP contribution >= 0.6 is 7.82 Å².